The average Bonchev–Trinajstić information content (AvgIpc) is 3.13. The zero-order valence-electron chi connectivity index (χ0n) is 14.4. The van der Waals surface area contributed by atoms with E-state index in [9.17, 15) is 14.7 Å². The van der Waals surface area contributed by atoms with E-state index in [1.807, 2.05) is 13.0 Å². The second kappa shape index (κ2) is 6.93. The standard InChI is InChI=1S/C17H26N4O3/c1-11-7-15(19-18-11)8-14-9-21(10-16(14)23)17(24)13-3-5-20(6-4-13)12(2)22/h7,13-14,16,23H,3-6,8-10H2,1-2H3,(H,18,19). The average molecular weight is 334 g/mol. The third kappa shape index (κ3) is 3.61. The molecule has 7 nitrogen and oxygen atoms in total. The van der Waals surface area contributed by atoms with Gasteiger partial charge in [-0.25, -0.2) is 0 Å². The highest BCUT2D eigenvalue weighted by Gasteiger charge is 2.37. The topological polar surface area (TPSA) is 89.5 Å². The monoisotopic (exact) mass is 334 g/mol. The molecule has 2 atom stereocenters. The van der Waals surface area contributed by atoms with Gasteiger partial charge in [0.2, 0.25) is 11.8 Å². The highest BCUT2D eigenvalue weighted by molar-refractivity contribution is 5.80. The summed E-state index contributed by atoms with van der Waals surface area (Å²) in [6.07, 6.45) is 1.61. The number of nitrogens with one attached hydrogen (secondary N) is 1. The fourth-order valence-corrected chi connectivity index (χ4v) is 3.78. The Labute approximate surface area is 142 Å². The third-order valence-electron chi connectivity index (χ3n) is 5.24. The molecule has 3 rings (SSSR count). The van der Waals surface area contributed by atoms with Crippen LogP contribution in [0.5, 0.6) is 0 Å². The molecule has 132 valence electrons. The van der Waals surface area contributed by atoms with Gasteiger partial charge in [0.15, 0.2) is 0 Å². The molecule has 24 heavy (non-hydrogen) atoms. The van der Waals surface area contributed by atoms with Crippen LogP contribution in [0.1, 0.15) is 31.2 Å². The number of β-amino-alcohol motifs (C(OH)–C–C–N with tert-alkyl or cyclic N) is 1. The lowest BCUT2D eigenvalue weighted by molar-refractivity contribution is -0.139. The van der Waals surface area contributed by atoms with Crippen LogP contribution in [0, 0.1) is 18.8 Å². The van der Waals surface area contributed by atoms with E-state index in [1.54, 1.807) is 16.7 Å². The van der Waals surface area contributed by atoms with Crippen LogP contribution >= 0.6 is 0 Å². The second-order valence-corrected chi connectivity index (χ2v) is 7.10. The second-order valence-electron chi connectivity index (χ2n) is 7.10. The van der Waals surface area contributed by atoms with Crippen LogP contribution in [0.4, 0.5) is 0 Å². The lowest BCUT2D eigenvalue weighted by Crippen LogP contribution is -2.43. The van der Waals surface area contributed by atoms with Gasteiger partial charge in [-0.15, -0.1) is 0 Å². The van der Waals surface area contributed by atoms with E-state index >= 15 is 0 Å². The molecular weight excluding hydrogens is 308 g/mol. The molecule has 2 aliphatic rings. The van der Waals surface area contributed by atoms with Crippen molar-refractivity contribution in [1.82, 2.24) is 20.0 Å². The van der Waals surface area contributed by atoms with Crippen molar-refractivity contribution in [3.63, 3.8) is 0 Å². The molecule has 0 radical (unpaired) electrons. The first-order chi connectivity index (χ1) is 11.4. The normalized spacial score (nSPS) is 25.3. The van der Waals surface area contributed by atoms with E-state index in [0.29, 0.717) is 45.4 Å². The number of carbonyl (C=O) groups is 2. The minimum atomic E-state index is -0.497. The highest BCUT2D eigenvalue weighted by Crippen LogP contribution is 2.26. The van der Waals surface area contributed by atoms with Crippen molar-refractivity contribution in [2.45, 2.75) is 39.2 Å². The Kier molecular flexibility index (Phi) is 4.89. The van der Waals surface area contributed by atoms with Gasteiger partial charge >= 0.3 is 0 Å². The van der Waals surface area contributed by atoms with Crippen molar-refractivity contribution >= 4 is 11.8 Å². The van der Waals surface area contributed by atoms with Crippen molar-refractivity contribution in [3.8, 4) is 0 Å². The Hall–Kier alpha value is -1.89. The fourth-order valence-electron chi connectivity index (χ4n) is 3.78. The number of likely N-dealkylation sites (tertiary alicyclic amines) is 2. The maximum Gasteiger partial charge on any atom is 0.225 e. The summed E-state index contributed by atoms with van der Waals surface area (Å²) in [4.78, 5) is 27.7. The number of carbonyl (C=O) groups excluding carboxylic acids is 2. The van der Waals surface area contributed by atoms with Crippen LogP contribution in [0.15, 0.2) is 6.07 Å². The number of amides is 2. The van der Waals surface area contributed by atoms with Gasteiger partial charge in [-0.2, -0.15) is 5.10 Å². The number of aliphatic hydroxyl groups is 1. The molecule has 7 heteroatoms. The van der Waals surface area contributed by atoms with E-state index < -0.39 is 6.10 Å². The van der Waals surface area contributed by atoms with Crippen LogP contribution in [-0.2, 0) is 16.0 Å². The quantitative estimate of drug-likeness (QED) is 0.834. The lowest BCUT2D eigenvalue weighted by Gasteiger charge is -2.32. The van der Waals surface area contributed by atoms with Gasteiger partial charge in [0.25, 0.3) is 0 Å². The number of aryl methyl sites for hydroxylation is 1. The molecule has 1 aromatic rings. The van der Waals surface area contributed by atoms with E-state index in [2.05, 4.69) is 10.2 Å². The Balaban J connectivity index is 1.54. The number of nitrogens with zero attached hydrogens (tertiary/aromatic N) is 3. The number of aromatic nitrogens is 2. The minimum absolute atomic E-state index is 0.0285. The molecule has 2 fully saturated rings. The first-order valence-electron chi connectivity index (χ1n) is 8.67. The number of aromatic amines is 1. The fraction of sp³-hybridized carbons (Fsp3) is 0.706. The minimum Gasteiger partial charge on any atom is -0.391 e. The number of hydrogen-bond acceptors (Lipinski definition) is 4. The van der Waals surface area contributed by atoms with E-state index in [0.717, 1.165) is 11.4 Å². The summed E-state index contributed by atoms with van der Waals surface area (Å²) in [7, 11) is 0. The van der Waals surface area contributed by atoms with Crippen molar-refractivity contribution < 1.29 is 14.7 Å². The van der Waals surface area contributed by atoms with E-state index in [-0.39, 0.29) is 23.7 Å². The van der Waals surface area contributed by atoms with Gasteiger partial charge < -0.3 is 14.9 Å². The first kappa shape index (κ1) is 17.0. The Morgan fingerprint density at radius 2 is 2.00 bits per heavy atom. The molecule has 2 unspecified atom stereocenters. The van der Waals surface area contributed by atoms with Crippen molar-refractivity contribution in [2.24, 2.45) is 11.8 Å². The van der Waals surface area contributed by atoms with Crippen molar-refractivity contribution in [1.29, 1.82) is 0 Å². The third-order valence-corrected chi connectivity index (χ3v) is 5.24. The molecule has 2 aliphatic heterocycles. The van der Waals surface area contributed by atoms with Gasteiger partial charge in [0.05, 0.1) is 11.8 Å². The maximum atomic E-state index is 12.7. The Bertz CT molecular complexity index is 607. The van der Waals surface area contributed by atoms with E-state index in [4.69, 9.17) is 0 Å². The van der Waals surface area contributed by atoms with Crippen LogP contribution in [0.25, 0.3) is 0 Å². The molecule has 0 bridgehead atoms. The molecule has 3 heterocycles. The van der Waals surface area contributed by atoms with Crippen LogP contribution < -0.4 is 0 Å². The molecule has 2 saturated heterocycles. The molecule has 2 amide bonds. The predicted octanol–water partition coefficient (Wildman–Crippen LogP) is 0.338. The summed E-state index contributed by atoms with van der Waals surface area (Å²) in [5.41, 5.74) is 1.93. The summed E-state index contributed by atoms with van der Waals surface area (Å²) >= 11 is 0. The maximum absolute atomic E-state index is 12.7. The van der Waals surface area contributed by atoms with Crippen LogP contribution in [-0.4, -0.2) is 69.2 Å². The van der Waals surface area contributed by atoms with Crippen LogP contribution in [0.3, 0.4) is 0 Å². The SMILES string of the molecule is CC(=O)N1CCC(C(=O)N2CC(O)C(Cc3cc(C)[nH]n3)C2)CC1. The zero-order chi connectivity index (χ0) is 17.3. The summed E-state index contributed by atoms with van der Waals surface area (Å²) in [5.74, 6) is 0.206. The summed E-state index contributed by atoms with van der Waals surface area (Å²) < 4.78 is 0. The molecular formula is C17H26N4O3. The number of piperidine rings is 1. The predicted molar refractivity (Wildman–Crippen MR) is 88.1 cm³/mol. The number of hydrogen-bond donors (Lipinski definition) is 2. The van der Waals surface area contributed by atoms with Gasteiger partial charge in [0.1, 0.15) is 0 Å². The molecule has 2 N–H and O–H groups in total. The van der Waals surface area contributed by atoms with Crippen molar-refractivity contribution in [2.75, 3.05) is 26.2 Å². The number of H-pyrrole nitrogens is 1. The molecule has 0 saturated carbocycles. The molecule has 1 aromatic heterocycles. The largest absolute Gasteiger partial charge is 0.391 e. The van der Waals surface area contributed by atoms with Gasteiger partial charge in [-0.3, -0.25) is 14.7 Å². The molecule has 0 aliphatic carbocycles. The molecule has 0 spiro atoms. The van der Waals surface area contributed by atoms with Gasteiger partial charge in [-0.05, 0) is 32.3 Å². The Morgan fingerprint density at radius 3 is 2.58 bits per heavy atom. The van der Waals surface area contributed by atoms with Gasteiger partial charge in [0, 0.05) is 50.6 Å². The number of aliphatic hydroxyl groups excluding tert-OH is 1. The summed E-state index contributed by atoms with van der Waals surface area (Å²) in [5, 5.41) is 17.4. The first-order valence-corrected chi connectivity index (χ1v) is 8.67. The Morgan fingerprint density at radius 1 is 1.29 bits per heavy atom. The summed E-state index contributed by atoms with van der Waals surface area (Å²) in [6, 6.07) is 1.98. The van der Waals surface area contributed by atoms with Gasteiger partial charge in [-0.1, -0.05) is 0 Å². The van der Waals surface area contributed by atoms with Crippen LogP contribution in [0.2, 0.25) is 0 Å². The van der Waals surface area contributed by atoms with Crippen molar-refractivity contribution in [3.05, 3.63) is 17.5 Å². The van der Waals surface area contributed by atoms with E-state index in [1.165, 1.54) is 0 Å². The smallest absolute Gasteiger partial charge is 0.225 e. The number of rotatable bonds is 3. The zero-order valence-corrected chi connectivity index (χ0v) is 14.4. The molecule has 0 aromatic carbocycles. The lowest BCUT2D eigenvalue weighted by atomic mass is 9.95. The summed E-state index contributed by atoms with van der Waals surface area (Å²) in [6.45, 7) is 5.81. The highest BCUT2D eigenvalue weighted by atomic mass is 16.3.